The number of anilines is 1. The average Bonchev–Trinajstić information content (AvgIpc) is 3.02. The van der Waals surface area contributed by atoms with Crippen molar-refractivity contribution < 1.29 is 9.18 Å². The van der Waals surface area contributed by atoms with E-state index in [1.807, 2.05) is 18.7 Å². The summed E-state index contributed by atoms with van der Waals surface area (Å²) in [6, 6.07) is 6.47. The number of halogens is 2. The van der Waals surface area contributed by atoms with E-state index in [1.54, 1.807) is 29.2 Å². The van der Waals surface area contributed by atoms with Gasteiger partial charge in [-0.05, 0) is 40.2 Å². The van der Waals surface area contributed by atoms with E-state index in [0.717, 1.165) is 23.2 Å². The third-order valence-electron chi connectivity index (χ3n) is 3.72. The molecule has 0 unspecified atom stereocenters. The first-order valence-corrected chi connectivity index (χ1v) is 8.87. The van der Waals surface area contributed by atoms with Crippen LogP contribution in [-0.2, 0) is 11.3 Å². The number of rotatable bonds is 3. The van der Waals surface area contributed by atoms with Crippen molar-refractivity contribution in [2.45, 2.75) is 20.4 Å². The van der Waals surface area contributed by atoms with E-state index >= 15 is 0 Å². The third kappa shape index (κ3) is 4.80. The Morgan fingerprint density at radius 3 is 2.33 bits per heavy atom. The first-order chi connectivity index (χ1) is 11.6. The molecule has 130 valence electrons. The van der Waals surface area contributed by atoms with Gasteiger partial charge in [0.2, 0.25) is 5.91 Å². The maximum absolute atomic E-state index is 12.9. The molecule has 0 bridgehead atoms. The Morgan fingerprint density at radius 1 is 1.17 bits per heavy atom. The Bertz CT molecular complexity index is 651. The highest BCUT2D eigenvalue weighted by atomic mass is 79.9. The molecule has 3 rings (SSSR count). The minimum Gasteiger partial charge on any atom is -0.368 e. The molecule has 1 aliphatic rings. The van der Waals surface area contributed by atoms with Gasteiger partial charge in [0.25, 0.3) is 0 Å². The maximum Gasteiger partial charge on any atom is 0.244 e. The van der Waals surface area contributed by atoms with Gasteiger partial charge in [-0.25, -0.2) is 4.39 Å². The summed E-state index contributed by atoms with van der Waals surface area (Å²) in [7, 11) is 0. The number of carbonyl (C=O) groups excluding carboxylic acids is 1. The summed E-state index contributed by atoms with van der Waals surface area (Å²) in [5.74, 6) is -0.169. The predicted molar refractivity (Wildman–Crippen MR) is 96.5 cm³/mol. The summed E-state index contributed by atoms with van der Waals surface area (Å²) >= 11 is 3.32. The summed E-state index contributed by atoms with van der Waals surface area (Å²) in [5, 5.41) is 4.10. The molecule has 0 atom stereocenters. The van der Waals surface area contributed by atoms with Crippen LogP contribution in [0.3, 0.4) is 0 Å². The number of hydrogen-bond donors (Lipinski definition) is 0. The lowest BCUT2D eigenvalue weighted by molar-refractivity contribution is -0.132. The van der Waals surface area contributed by atoms with Crippen LogP contribution >= 0.6 is 15.9 Å². The van der Waals surface area contributed by atoms with Gasteiger partial charge in [0.05, 0.1) is 10.7 Å². The van der Waals surface area contributed by atoms with Gasteiger partial charge in [-0.1, -0.05) is 13.8 Å². The zero-order valence-electron chi connectivity index (χ0n) is 14.0. The monoisotopic (exact) mass is 396 g/mol. The molecule has 0 radical (unpaired) electrons. The Hall–Kier alpha value is -1.89. The molecule has 2 heterocycles. The summed E-state index contributed by atoms with van der Waals surface area (Å²) in [4.78, 5) is 16.2. The van der Waals surface area contributed by atoms with E-state index in [2.05, 4.69) is 25.9 Å². The van der Waals surface area contributed by atoms with Gasteiger partial charge in [-0.15, -0.1) is 0 Å². The molecular formula is C17H22BrFN4O. The first-order valence-electron chi connectivity index (χ1n) is 8.08. The van der Waals surface area contributed by atoms with Crippen LogP contribution in [0.15, 0.2) is 41.1 Å². The highest BCUT2D eigenvalue weighted by Gasteiger charge is 2.21. The summed E-state index contributed by atoms with van der Waals surface area (Å²) in [6.07, 6.45) is 3.45. The van der Waals surface area contributed by atoms with Crippen LogP contribution in [0.5, 0.6) is 0 Å². The number of nitrogens with zero attached hydrogens (tertiary/aromatic N) is 4. The molecule has 0 aliphatic carbocycles. The minimum atomic E-state index is -0.233. The second-order valence-electron chi connectivity index (χ2n) is 5.20. The fourth-order valence-corrected chi connectivity index (χ4v) is 2.86. The van der Waals surface area contributed by atoms with Gasteiger partial charge < -0.3 is 9.80 Å². The molecule has 1 amide bonds. The second-order valence-corrected chi connectivity index (χ2v) is 6.12. The Labute approximate surface area is 150 Å². The van der Waals surface area contributed by atoms with Crippen molar-refractivity contribution in [2.75, 3.05) is 31.1 Å². The van der Waals surface area contributed by atoms with Crippen molar-refractivity contribution >= 4 is 27.5 Å². The average molecular weight is 397 g/mol. The lowest BCUT2D eigenvalue weighted by atomic mass is 10.2. The van der Waals surface area contributed by atoms with Gasteiger partial charge >= 0.3 is 0 Å². The van der Waals surface area contributed by atoms with Crippen LogP contribution in [0.2, 0.25) is 0 Å². The van der Waals surface area contributed by atoms with E-state index in [0.29, 0.717) is 13.1 Å². The van der Waals surface area contributed by atoms with Crippen molar-refractivity contribution in [3.05, 3.63) is 46.9 Å². The van der Waals surface area contributed by atoms with E-state index in [9.17, 15) is 9.18 Å². The van der Waals surface area contributed by atoms with Crippen molar-refractivity contribution in [1.82, 2.24) is 14.7 Å². The minimum absolute atomic E-state index is 0.0642. The maximum atomic E-state index is 12.9. The van der Waals surface area contributed by atoms with Crippen LogP contribution in [0.4, 0.5) is 10.1 Å². The first kappa shape index (κ1) is 18.4. The molecule has 1 aliphatic heterocycles. The largest absolute Gasteiger partial charge is 0.368 e. The molecule has 1 aromatic carbocycles. The summed E-state index contributed by atoms with van der Waals surface area (Å²) in [6.45, 7) is 7.08. The molecule has 7 heteroatoms. The van der Waals surface area contributed by atoms with Gasteiger partial charge in [0.1, 0.15) is 12.4 Å². The van der Waals surface area contributed by atoms with Crippen molar-refractivity contribution in [2.24, 2.45) is 0 Å². The summed E-state index contributed by atoms with van der Waals surface area (Å²) in [5.41, 5.74) is 0.990. The Balaban J connectivity index is 0.00000100. The zero-order valence-corrected chi connectivity index (χ0v) is 15.5. The van der Waals surface area contributed by atoms with Crippen LogP contribution in [-0.4, -0.2) is 46.8 Å². The highest BCUT2D eigenvalue weighted by molar-refractivity contribution is 9.10. The van der Waals surface area contributed by atoms with Gasteiger partial charge in [-0.2, -0.15) is 5.10 Å². The number of amides is 1. The quantitative estimate of drug-likeness (QED) is 0.799. The number of benzene rings is 1. The van der Waals surface area contributed by atoms with Gasteiger partial charge in [0.15, 0.2) is 0 Å². The molecule has 0 saturated carbocycles. The smallest absolute Gasteiger partial charge is 0.244 e. The predicted octanol–water partition coefficient (Wildman–Crippen LogP) is 3.16. The van der Waals surface area contributed by atoms with Gasteiger partial charge in [-0.3, -0.25) is 9.48 Å². The van der Waals surface area contributed by atoms with Crippen LogP contribution in [0, 0.1) is 5.82 Å². The molecule has 0 spiro atoms. The lowest BCUT2D eigenvalue weighted by Crippen LogP contribution is -2.49. The van der Waals surface area contributed by atoms with Crippen molar-refractivity contribution in [3.8, 4) is 0 Å². The Kier molecular flexibility index (Phi) is 6.78. The fraction of sp³-hybridized carbons (Fsp3) is 0.412. The van der Waals surface area contributed by atoms with Gasteiger partial charge in [0, 0.05) is 38.1 Å². The van der Waals surface area contributed by atoms with E-state index in [-0.39, 0.29) is 18.3 Å². The lowest BCUT2D eigenvalue weighted by Gasteiger charge is -2.36. The second kappa shape index (κ2) is 8.82. The molecule has 2 aromatic rings. The standard InChI is InChI=1S/C15H16BrFN4O.C2H6/c16-12-9-18-21(10-12)11-15(22)20-7-5-19(6-8-20)14-3-1-13(17)2-4-14;1-2/h1-4,9-10H,5-8,11H2;1-2H3. The molecule has 5 nitrogen and oxygen atoms in total. The zero-order chi connectivity index (χ0) is 17.5. The molecule has 24 heavy (non-hydrogen) atoms. The number of hydrogen-bond acceptors (Lipinski definition) is 3. The number of piperazine rings is 1. The van der Waals surface area contributed by atoms with Crippen LogP contribution in [0.25, 0.3) is 0 Å². The van der Waals surface area contributed by atoms with Crippen LogP contribution < -0.4 is 4.90 Å². The Morgan fingerprint density at radius 2 is 1.79 bits per heavy atom. The van der Waals surface area contributed by atoms with Crippen molar-refractivity contribution in [1.29, 1.82) is 0 Å². The molecule has 1 fully saturated rings. The molecule has 1 aromatic heterocycles. The SMILES string of the molecule is CC.O=C(Cn1cc(Br)cn1)N1CCN(c2ccc(F)cc2)CC1. The topological polar surface area (TPSA) is 41.4 Å². The van der Waals surface area contributed by atoms with E-state index < -0.39 is 0 Å². The third-order valence-corrected chi connectivity index (χ3v) is 4.13. The highest BCUT2D eigenvalue weighted by Crippen LogP contribution is 2.17. The van der Waals surface area contributed by atoms with E-state index in [1.165, 1.54) is 12.1 Å². The van der Waals surface area contributed by atoms with Crippen molar-refractivity contribution in [3.63, 3.8) is 0 Å². The van der Waals surface area contributed by atoms with E-state index in [4.69, 9.17) is 0 Å². The molecule has 0 N–H and O–H groups in total. The normalized spacial score (nSPS) is 14.2. The molecular weight excluding hydrogens is 375 g/mol. The molecule has 1 saturated heterocycles. The number of carbonyl (C=O) groups is 1. The number of aromatic nitrogens is 2. The van der Waals surface area contributed by atoms with Crippen LogP contribution in [0.1, 0.15) is 13.8 Å². The summed E-state index contributed by atoms with van der Waals surface area (Å²) < 4.78 is 15.4. The fourth-order valence-electron chi connectivity index (χ4n) is 2.53.